The molecule has 0 saturated heterocycles. The fourth-order valence-electron chi connectivity index (χ4n) is 0.992. The van der Waals surface area contributed by atoms with Crippen LogP contribution in [0.2, 0.25) is 0 Å². The number of hydrogen-bond acceptors (Lipinski definition) is 4. The number of carbonyl (C=O) groups excluding carboxylic acids is 1. The van der Waals surface area contributed by atoms with Crippen LogP contribution >= 0.6 is 0 Å². The summed E-state index contributed by atoms with van der Waals surface area (Å²) in [5, 5.41) is 17.2. The fraction of sp³-hybridized carbons (Fsp3) is 0. The maximum atomic E-state index is 13.2. The molecule has 1 aromatic rings. The molecule has 0 spiro atoms. The Hall–Kier alpha value is -2.71. The van der Waals surface area contributed by atoms with Gasteiger partial charge in [0.15, 0.2) is 0 Å². The Kier molecular flexibility index (Phi) is 3.55. The molecule has 0 saturated carbocycles. The molecule has 1 aromatic carbocycles. The number of hydrogen-bond donors (Lipinski definition) is 4. The molecule has 0 radical (unpaired) electrons. The summed E-state index contributed by atoms with van der Waals surface area (Å²) in [7, 11) is 0. The molecule has 0 bridgehead atoms. The van der Waals surface area contributed by atoms with Gasteiger partial charge >= 0.3 is 0 Å². The maximum absolute atomic E-state index is 13.2. The number of halogens is 1. The molecular formula is C8H8FN5O3. The van der Waals surface area contributed by atoms with E-state index < -0.39 is 33.9 Å². The largest absolute Gasteiger partial charge is 0.369 e. The average molecular weight is 241 g/mol. The average Bonchev–Trinajstić information content (AvgIpc) is 2.26. The lowest BCUT2D eigenvalue weighted by Crippen LogP contribution is -2.45. The first-order chi connectivity index (χ1) is 7.91. The highest BCUT2D eigenvalue weighted by atomic mass is 19.1. The Labute approximate surface area is 94.2 Å². The molecule has 9 heteroatoms. The number of nitro groups is 1. The standard InChI is InChI=1S/C8H8FN5O3/c9-6-2-1-4(14(16)17)3-5(6)7(15)12-13-8(10)11/h1-3H,(H,12,15)(H4,10,11,13). The van der Waals surface area contributed by atoms with Gasteiger partial charge in [-0.3, -0.25) is 31.2 Å². The van der Waals surface area contributed by atoms with E-state index in [0.717, 1.165) is 18.2 Å². The van der Waals surface area contributed by atoms with Gasteiger partial charge in [0, 0.05) is 12.1 Å². The zero-order valence-electron chi connectivity index (χ0n) is 8.36. The van der Waals surface area contributed by atoms with Crippen molar-refractivity contribution in [3.63, 3.8) is 0 Å². The number of guanidine groups is 1. The fourth-order valence-corrected chi connectivity index (χ4v) is 0.992. The van der Waals surface area contributed by atoms with Crippen LogP contribution in [-0.4, -0.2) is 16.8 Å². The van der Waals surface area contributed by atoms with Gasteiger partial charge in [0.25, 0.3) is 11.6 Å². The third-order valence-corrected chi connectivity index (χ3v) is 1.72. The van der Waals surface area contributed by atoms with Gasteiger partial charge in [0.05, 0.1) is 10.5 Å². The van der Waals surface area contributed by atoms with Crippen LogP contribution in [0.5, 0.6) is 0 Å². The van der Waals surface area contributed by atoms with Crippen LogP contribution in [-0.2, 0) is 0 Å². The van der Waals surface area contributed by atoms with Crippen molar-refractivity contribution >= 4 is 17.6 Å². The van der Waals surface area contributed by atoms with Gasteiger partial charge in [0.2, 0.25) is 5.96 Å². The molecule has 90 valence electrons. The normalized spacial score (nSPS) is 9.47. The van der Waals surface area contributed by atoms with Crippen LogP contribution in [0.3, 0.4) is 0 Å². The van der Waals surface area contributed by atoms with E-state index in [1.807, 2.05) is 10.9 Å². The van der Waals surface area contributed by atoms with Gasteiger partial charge in [-0.15, -0.1) is 0 Å². The molecular weight excluding hydrogens is 233 g/mol. The maximum Gasteiger partial charge on any atom is 0.272 e. The first-order valence-corrected chi connectivity index (χ1v) is 4.26. The van der Waals surface area contributed by atoms with Crippen LogP contribution in [0.4, 0.5) is 10.1 Å². The first-order valence-electron chi connectivity index (χ1n) is 4.26. The minimum Gasteiger partial charge on any atom is -0.369 e. The van der Waals surface area contributed by atoms with Crippen molar-refractivity contribution in [2.45, 2.75) is 0 Å². The van der Waals surface area contributed by atoms with Crippen LogP contribution < -0.4 is 16.6 Å². The number of non-ortho nitro benzene ring substituents is 1. The van der Waals surface area contributed by atoms with Crippen molar-refractivity contribution in [1.29, 1.82) is 5.41 Å². The van der Waals surface area contributed by atoms with E-state index in [4.69, 9.17) is 11.1 Å². The molecule has 0 aliphatic carbocycles. The quantitative estimate of drug-likeness (QED) is 0.247. The number of nitro benzene ring substituents is 1. The minimum absolute atomic E-state index is 0.417. The lowest BCUT2D eigenvalue weighted by Gasteiger charge is -2.06. The highest BCUT2D eigenvalue weighted by Crippen LogP contribution is 2.16. The van der Waals surface area contributed by atoms with Gasteiger partial charge in [-0.2, -0.15) is 0 Å². The number of rotatable bonds is 2. The van der Waals surface area contributed by atoms with Gasteiger partial charge in [0.1, 0.15) is 5.82 Å². The molecule has 0 aromatic heterocycles. The van der Waals surface area contributed by atoms with Crippen LogP contribution in [0.25, 0.3) is 0 Å². The van der Waals surface area contributed by atoms with E-state index in [1.165, 1.54) is 0 Å². The molecule has 0 atom stereocenters. The third-order valence-electron chi connectivity index (χ3n) is 1.72. The smallest absolute Gasteiger partial charge is 0.272 e. The molecule has 0 aliphatic rings. The lowest BCUT2D eigenvalue weighted by molar-refractivity contribution is -0.384. The third kappa shape index (κ3) is 3.12. The number of nitrogens with two attached hydrogens (primary N) is 1. The van der Waals surface area contributed by atoms with Crippen molar-refractivity contribution in [3.05, 3.63) is 39.7 Å². The second kappa shape index (κ2) is 4.88. The zero-order chi connectivity index (χ0) is 13.0. The number of nitrogens with zero attached hydrogens (tertiary/aromatic N) is 1. The molecule has 1 amide bonds. The Morgan fingerprint density at radius 2 is 2.12 bits per heavy atom. The van der Waals surface area contributed by atoms with E-state index in [0.29, 0.717) is 0 Å². The van der Waals surface area contributed by atoms with E-state index in [2.05, 4.69) is 0 Å². The van der Waals surface area contributed by atoms with Crippen molar-refractivity contribution in [3.8, 4) is 0 Å². The number of carbonyl (C=O) groups is 1. The molecule has 0 fully saturated rings. The molecule has 5 N–H and O–H groups in total. The Balaban J connectivity index is 2.95. The lowest BCUT2D eigenvalue weighted by atomic mass is 10.2. The Morgan fingerprint density at radius 1 is 1.47 bits per heavy atom. The van der Waals surface area contributed by atoms with Crippen LogP contribution in [0.1, 0.15) is 10.4 Å². The summed E-state index contributed by atoms with van der Waals surface area (Å²) in [5.41, 5.74) is 7.80. The monoisotopic (exact) mass is 241 g/mol. The number of hydrazine groups is 1. The van der Waals surface area contributed by atoms with Gasteiger partial charge in [-0.25, -0.2) is 4.39 Å². The molecule has 17 heavy (non-hydrogen) atoms. The summed E-state index contributed by atoms with van der Waals surface area (Å²) < 4.78 is 13.2. The molecule has 0 aliphatic heterocycles. The van der Waals surface area contributed by atoms with Crippen LogP contribution in [0, 0.1) is 21.3 Å². The van der Waals surface area contributed by atoms with Gasteiger partial charge in [-0.1, -0.05) is 0 Å². The topological polar surface area (TPSA) is 134 Å². The second-order valence-electron chi connectivity index (χ2n) is 2.91. The van der Waals surface area contributed by atoms with E-state index in [1.54, 1.807) is 0 Å². The zero-order valence-corrected chi connectivity index (χ0v) is 8.36. The first kappa shape index (κ1) is 12.4. The second-order valence-corrected chi connectivity index (χ2v) is 2.91. The predicted molar refractivity (Wildman–Crippen MR) is 55.6 cm³/mol. The predicted octanol–water partition coefficient (Wildman–Crippen LogP) is -0.138. The molecule has 1 rings (SSSR count). The molecule has 8 nitrogen and oxygen atoms in total. The number of nitrogens with one attached hydrogen (secondary N) is 3. The van der Waals surface area contributed by atoms with Crippen molar-refractivity contribution in [2.75, 3.05) is 0 Å². The van der Waals surface area contributed by atoms with E-state index in [-0.39, 0.29) is 0 Å². The summed E-state index contributed by atoms with van der Waals surface area (Å²) in [6.07, 6.45) is 0. The van der Waals surface area contributed by atoms with E-state index in [9.17, 15) is 19.3 Å². The summed E-state index contributed by atoms with van der Waals surface area (Å²) >= 11 is 0. The van der Waals surface area contributed by atoms with Gasteiger partial charge < -0.3 is 5.73 Å². The summed E-state index contributed by atoms with van der Waals surface area (Å²) in [6, 6.07) is 2.53. The highest BCUT2D eigenvalue weighted by Gasteiger charge is 2.16. The van der Waals surface area contributed by atoms with Crippen molar-refractivity contribution < 1.29 is 14.1 Å². The summed E-state index contributed by atoms with van der Waals surface area (Å²) in [4.78, 5) is 21.0. The summed E-state index contributed by atoms with van der Waals surface area (Å²) in [5.74, 6) is -2.44. The van der Waals surface area contributed by atoms with Gasteiger partial charge in [-0.05, 0) is 6.07 Å². The summed E-state index contributed by atoms with van der Waals surface area (Å²) in [6.45, 7) is 0. The van der Waals surface area contributed by atoms with E-state index >= 15 is 0 Å². The molecule has 0 unspecified atom stereocenters. The van der Waals surface area contributed by atoms with Crippen molar-refractivity contribution in [2.24, 2.45) is 5.73 Å². The Morgan fingerprint density at radius 3 is 2.65 bits per heavy atom. The Bertz CT molecular complexity index is 490. The van der Waals surface area contributed by atoms with Crippen molar-refractivity contribution in [1.82, 2.24) is 10.9 Å². The minimum atomic E-state index is -0.971. The SMILES string of the molecule is N=C(N)NNC(=O)c1cc([N+](=O)[O-])ccc1F. The van der Waals surface area contributed by atoms with Crippen LogP contribution in [0.15, 0.2) is 18.2 Å². The molecule has 0 heterocycles. The highest BCUT2D eigenvalue weighted by molar-refractivity contribution is 5.96. The number of benzene rings is 1. The number of amides is 1.